The van der Waals surface area contributed by atoms with Crippen molar-refractivity contribution in [1.29, 1.82) is 0 Å². The molecule has 0 aliphatic rings. The summed E-state index contributed by atoms with van der Waals surface area (Å²) in [5.41, 5.74) is 3.43. The molecule has 0 unspecified atom stereocenters. The van der Waals surface area contributed by atoms with Crippen LogP contribution in [-0.2, 0) is 9.59 Å². The Bertz CT molecular complexity index is 1130. The van der Waals surface area contributed by atoms with Crippen LogP contribution in [0.25, 0.3) is 22.7 Å². The quantitative estimate of drug-likeness (QED) is 0.222. The summed E-state index contributed by atoms with van der Waals surface area (Å²) in [6, 6.07) is 3.46. The largest absolute Gasteiger partial charge is 0.503 e. The molecule has 2 N–H and O–H groups in total. The number of hydrogen-bond donors (Lipinski definition) is 2. The molecule has 0 spiro atoms. The Morgan fingerprint density at radius 2 is 2.00 bits per heavy atom. The van der Waals surface area contributed by atoms with Gasteiger partial charge in [-0.05, 0) is 41.7 Å². The molecule has 1 aromatic carbocycles. The number of ketones is 2. The van der Waals surface area contributed by atoms with E-state index in [1.54, 1.807) is 18.2 Å². The van der Waals surface area contributed by atoms with Gasteiger partial charge in [0.15, 0.2) is 17.3 Å². The van der Waals surface area contributed by atoms with Gasteiger partial charge in [-0.1, -0.05) is 39.7 Å². The van der Waals surface area contributed by atoms with E-state index in [0.29, 0.717) is 29.3 Å². The zero-order valence-electron chi connectivity index (χ0n) is 19.3. The van der Waals surface area contributed by atoms with Gasteiger partial charge in [-0.3, -0.25) is 9.59 Å². The minimum atomic E-state index is -0.226. The van der Waals surface area contributed by atoms with E-state index < -0.39 is 0 Å². The lowest BCUT2D eigenvalue weighted by Gasteiger charge is -2.12. The lowest BCUT2D eigenvalue weighted by Crippen LogP contribution is -2.05. The number of unbranched alkanes of at least 4 members (excludes halogenated alkanes) is 2. The predicted octanol–water partition coefficient (Wildman–Crippen LogP) is 5.92. The number of carbonyl (C=O) groups excluding carboxylic acids is 2. The molecular weight excluding hydrogens is 404 g/mol. The molecule has 2 heterocycles. The molecule has 2 aromatic heterocycles. The summed E-state index contributed by atoms with van der Waals surface area (Å²) in [5.74, 6) is 0.446. The van der Waals surface area contributed by atoms with Gasteiger partial charge >= 0.3 is 0 Å². The van der Waals surface area contributed by atoms with Crippen molar-refractivity contribution in [3.8, 4) is 17.2 Å². The van der Waals surface area contributed by atoms with E-state index in [-0.39, 0.29) is 23.7 Å². The summed E-state index contributed by atoms with van der Waals surface area (Å²) in [4.78, 5) is 27.4. The van der Waals surface area contributed by atoms with Crippen molar-refractivity contribution in [3.63, 3.8) is 0 Å². The molecule has 32 heavy (non-hydrogen) atoms. The summed E-state index contributed by atoms with van der Waals surface area (Å²) < 4.78 is 7.20. The number of ether oxygens (including phenoxy) is 1. The number of aromatic amines is 1. The smallest absolute Gasteiger partial charge is 0.182 e. The lowest BCUT2D eigenvalue weighted by molar-refractivity contribution is -0.124. The van der Waals surface area contributed by atoms with E-state index in [2.05, 4.69) is 25.8 Å². The number of nitrogens with zero attached hydrogens (tertiary/aromatic N) is 1. The van der Waals surface area contributed by atoms with Crippen molar-refractivity contribution in [1.82, 2.24) is 9.55 Å². The van der Waals surface area contributed by atoms with Crippen molar-refractivity contribution in [2.45, 2.75) is 58.8 Å². The Hall–Kier alpha value is -3.28. The maximum Gasteiger partial charge on any atom is 0.182 e. The molecule has 0 amide bonds. The number of benzene rings is 1. The van der Waals surface area contributed by atoms with Gasteiger partial charge in [-0.25, -0.2) is 0 Å². The Balaban J connectivity index is 1.85. The van der Waals surface area contributed by atoms with E-state index in [1.807, 2.05) is 23.2 Å². The molecule has 0 fully saturated rings. The van der Waals surface area contributed by atoms with Gasteiger partial charge in [0.05, 0.1) is 24.7 Å². The first-order valence-corrected chi connectivity index (χ1v) is 11.2. The van der Waals surface area contributed by atoms with Crippen LogP contribution in [0.1, 0.15) is 69.9 Å². The Labute approximate surface area is 188 Å². The molecule has 0 atom stereocenters. The minimum Gasteiger partial charge on any atom is -0.503 e. The normalized spacial score (nSPS) is 11.7. The van der Waals surface area contributed by atoms with Gasteiger partial charge in [0, 0.05) is 30.4 Å². The molecule has 0 bridgehead atoms. The highest BCUT2D eigenvalue weighted by molar-refractivity contribution is 6.06. The van der Waals surface area contributed by atoms with Crippen molar-refractivity contribution >= 4 is 28.5 Å². The number of allylic oxidation sites excluding steroid dienone is 1. The van der Waals surface area contributed by atoms with E-state index in [9.17, 15) is 14.7 Å². The zero-order chi connectivity index (χ0) is 23.3. The first-order chi connectivity index (χ1) is 15.3. The van der Waals surface area contributed by atoms with Crippen LogP contribution in [0.4, 0.5) is 0 Å². The third-order valence-corrected chi connectivity index (χ3v) is 5.61. The van der Waals surface area contributed by atoms with Crippen molar-refractivity contribution in [3.05, 3.63) is 47.9 Å². The fraction of sp³-hybridized carbons (Fsp3) is 0.385. The summed E-state index contributed by atoms with van der Waals surface area (Å²) in [6.07, 6.45) is 12.2. The van der Waals surface area contributed by atoms with Gasteiger partial charge in [0.2, 0.25) is 0 Å². The molecule has 0 aliphatic carbocycles. The van der Waals surface area contributed by atoms with Gasteiger partial charge in [0.1, 0.15) is 5.78 Å². The standard InChI is InChI=1S/C26H32N2O4/c1-5-6-7-8-19(29)13-20(30)10-9-18-11-24(26(31)25(12-18)32-4)28-15-22-21(17(2)3)14-27-23(22)16-28/h9-12,14-17,27,31H,5-8,13H2,1-4H3. The first-order valence-electron chi connectivity index (χ1n) is 11.2. The number of H-pyrrole nitrogens is 1. The highest BCUT2D eigenvalue weighted by atomic mass is 16.5. The van der Waals surface area contributed by atoms with Crippen molar-refractivity contribution in [2.24, 2.45) is 0 Å². The minimum absolute atomic E-state index is 0.0193. The summed E-state index contributed by atoms with van der Waals surface area (Å²) in [6.45, 7) is 6.35. The monoisotopic (exact) mass is 436 g/mol. The fourth-order valence-electron chi connectivity index (χ4n) is 3.82. The van der Waals surface area contributed by atoms with Crippen LogP contribution < -0.4 is 4.74 Å². The van der Waals surface area contributed by atoms with Crippen LogP contribution in [0.2, 0.25) is 0 Å². The molecule has 0 radical (unpaired) electrons. The lowest BCUT2D eigenvalue weighted by atomic mass is 10.1. The van der Waals surface area contributed by atoms with E-state index in [4.69, 9.17) is 4.74 Å². The fourth-order valence-corrected chi connectivity index (χ4v) is 3.82. The second kappa shape index (κ2) is 10.4. The number of phenolic OH excluding ortho intramolecular Hbond substituents is 1. The second-order valence-electron chi connectivity index (χ2n) is 8.45. The molecule has 6 nitrogen and oxygen atoms in total. The van der Waals surface area contributed by atoms with Crippen LogP contribution in [-0.4, -0.2) is 33.3 Å². The summed E-state index contributed by atoms with van der Waals surface area (Å²) in [7, 11) is 1.49. The average molecular weight is 437 g/mol. The molecule has 0 aliphatic heterocycles. The molecule has 6 heteroatoms. The Morgan fingerprint density at radius 3 is 2.69 bits per heavy atom. The highest BCUT2D eigenvalue weighted by Gasteiger charge is 2.15. The Kier molecular flexibility index (Phi) is 7.57. The van der Waals surface area contributed by atoms with E-state index >= 15 is 0 Å². The number of nitrogens with one attached hydrogen (secondary N) is 1. The van der Waals surface area contributed by atoms with Crippen LogP contribution in [0, 0.1) is 0 Å². The van der Waals surface area contributed by atoms with Crippen LogP contribution in [0.15, 0.2) is 36.8 Å². The Morgan fingerprint density at radius 1 is 1.22 bits per heavy atom. The molecule has 170 valence electrons. The van der Waals surface area contributed by atoms with Gasteiger partial charge in [0.25, 0.3) is 0 Å². The van der Waals surface area contributed by atoms with Gasteiger partial charge in [-0.15, -0.1) is 0 Å². The number of hydrogen-bond acceptors (Lipinski definition) is 4. The molecule has 0 saturated heterocycles. The van der Waals surface area contributed by atoms with Crippen LogP contribution in [0.3, 0.4) is 0 Å². The topological polar surface area (TPSA) is 84.3 Å². The zero-order valence-corrected chi connectivity index (χ0v) is 19.3. The van der Waals surface area contributed by atoms with Gasteiger partial charge in [-0.2, -0.15) is 0 Å². The predicted molar refractivity (Wildman–Crippen MR) is 128 cm³/mol. The molecular formula is C26H32N2O4. The number of rotatable bonds is 11. The third-order valence-electron chi connectivity index (χ3n) is 5.61. The van der Waals surface area contributed by atoms with E-state index in [0.717, 1.165) is 30.2 Å². The van der Waals surface area contributed by atoms with Crippen molar-refractivity contribution < 1.29 is 19.4 Å². The number of phenols is 1. The maximum absolute atomic E-state index is 12.2. The number of methoxy groups -OCH3 is 1. The van der Waals surface area contributed by atoms with Crippen molar-refractivity contribution in [2.75, 3.05) is 7.11 Å². The molecule has 3 rings (SSSR count). The number of aromatic nitrogens is 2. The average Bonchev–Trinajstić information content (AvgIpc) is 3.33. The number of Topliss-reactive ketones (excluding diaryl/α,β-unsaturated/α-hetero) is 1. The molecule has 3 aromatic rings. The second-order valence-corrected chi connectivity index (χ2v) is 8.45. The highest BCUT2D eigenvalue weighted by Crippen LogP contribution is 2.36. The van der Waals surface area contributed by atoms with E-state index in [1.165, 1.54) is 18.7 Å². The summed E-state index contributed by atoms with van der Waals surface area (Å²) in [5, 5.41) is 11.8. The van der Waals surface area contributed by atoms with Gasteiger partial charge < -0.3 is 19.4 Å². The summed E-state index contributed by atoms with van der Waals surface area (Å²) >= 11 is 0. The number of carbonyl (C=O) groups is 2. The number of fused-ring (bicyclic) bond motifs is 1. The SMILES string of the molecule is CCCCCC(=O)CC(=O)C=Cc1cc(OC)c(O)c(-n2cc3[nH]cc(C(C)C)c3c2)c1. The van der Waals surface area contributed by atoms with Crippen LogP contribution >= 0.6 is 0 Å². The number of aromatic hydroxyl groups is 1. The maximum atomic E-state index is 12.2. The molecule has 0 saturated carbocycles. The first kappa shape index (κ1) is 23.4. The van der Waals surface area contributed by atoms with Crippen LogP contribution in [0.5, 0.6) is 11.5 Å². The third kappa shape index (κ3) is 5.31.